The molecule has 0 aliphatic carbocycles. The van der Waals surface area contributed by atoms with Gasteiger partial charge in [0.25, 0.3) is 5.69 Å². The maximum atomic E-state index is 11.6. The first-order chi connectivity index (χ1) is 11.5. The molecule has 0 aromatic heterocycles. The minimum atomic E-state index is -3.12. The molecule has 0 amide bonds. The molecule has 1 saturated heterocycles. The zero-order valence-electron chi connectivity index (χ0n) is 13.0. The number of hydrogen-bond acceptors (Lipinski definition) is 8. The van der Waals surface area contributed by atoms with Gasteiger partial charge in [-0.2, -0.15) is 0 Å². The van der Waals surface area contributed by atoms with Crippen molar-refractivity contribution in [2.24, 2.45) is 0 Å². The van der Waals surface area contributed by atoms with Crippen molar-refractivity contribution in [3.05, 3.63) is 38.4 Å². The van der Waals surface area contributed by atoms with Crippen LogP contribution >= 0.6 is 12.2 Å². The standard InChI is InChI=1S/C12H15N5O6S2/c1-12(4-5-25(22,23)7-12)13-11(24)15-14-9-3-2-8(16(18)19)6-10(9)17(20)21/h2-3,6,14H,4-5,7H2,1H3,(H2,13,15,24)/t12-/m0/s1. The number of benzene rings is 1. The van der Waals surface area contributed by atoms with Gasteiger partial charge in [0.2, 0.25) is 0 Å². The minimum absolute atomic E-state index is 0.0241. The van der Waals surface area contributed by atoms with Crippen molar-refractivity contribution in [3.8, 4) is 0 Å². The van der Waals surface area contributed by atoms with E-state index >= 15 is 0 Å². The summed E-state index contributed by atoms with van der Waals surface area (Å²) in [5.41, 5.74) is 3.36. The van der Waals surface area contributed by atoms with Crippen LogP contribution in [0.3, 0.4) is 0 Å². The molecule has 1 atom stereocenters. The molecule has 11 nitrogen and oxygen atoms in total. The molecule has 136 valence electrons. The summed E-state index contributed by atoms with van der Waals surface area (Å²) in [6.45, 7) is 1.71. The molecular weight excluding hydrogens is 374 g/mol. The van der Waals surface area contributed by atoms with E-state index < -0.39 is 36.6 Å². The van der Waals surface area contributed by atoms with E-state index in [0.717, 1.165) is 12.1 Å². The molecule has 3 N–H and O–H groups in total. The molecule has 1 fully saturated rings. The van der Waals surface area contributed by atoms with Crippen molar-refractivity contribution in [3.63, 3.8) is 0 Å². The Morgan fingerprint density at radius 1 is 1.28 bits per heavy atom. The summed E-state index contributed by atoms with van der Waals surface area (Å²) in [5, 5.41) is 24.7. The number of non-ortho nitro benzene ring substituents is 1. The van der Waals surface area contributed by atoms with Gasteiger partial charge in [-0.15, -0.1) is 0 Å². The number of nitrogens with zero attached hydrogens (tertiary/aromatic N) is 2. The van der Waals surface area contributed by atoms with Crippen molar-refractivity contribution in [1.29, 1.82) is 0 Å². The van der Waals surface area contributed by atoms with Crippen LogP contribution in [0.5, 0.6) is 0 Å². The Morgan fingerprint density at radius 2 is 1.96 bits per heavy atom. The van der Waals surface area contributed by atoms with Gasteiger partial charge in [0.15, 0.2) is 14.9 Å². The Labute approximate surface area is 148 Å². The lowest BCUT2D eigenvalue weighted by molar-refractivity contribution is -0.393. The van der Waals surface area contributed by atoms with Gasteiger partial charge in [-0.3, -0.25) is 31.1 Å². The van der Waals surface area contributed by atoms with Gasteiger partial charge < -0.3 is 5.32 Å². The monoisotopic (exact) mass is 389 g/mol. The number of hydrazine groups is 1. The Bertz CT molecular complexity index is 842. The summed E-state index contributed by atoms with van der Waals surface area (Å²) in [4.78, 5) is 20.2. The Kier molecular flexibility index (Phi) is 5.08. The molecule has 1 aliphatic heterocycles. The maximum Gasteiger partial charge on any atom is 0.300 e. The highest BCUT2D eigenvalue weighted by Crippen LogP contribution is 2.28. The van der Waals surface area contributed by atoms with Gasteiger partial charge in [-0.1, -0.05) is 0 Å². The average Bonchev–Trinajstić information content (AvgIpc) is 2.77. The van der Waals surface area contributed by atoms with Gasteiger partial charge in [0.1, 0.15) is 5.69 Å². The topological polar surface area (TPSA) is 157 Å². The van der Waals surface area contributed by atoms with E-state index in [4.69, 9.17) is 12.2 Å². The molecule has 0 bridgehead atoms. The Hall–Kier alpha value is -2.54. The maximum absolute atomic E-state index is 11.6. The van der Waals surface area contributed by atoms with Crippen LogP contribution in [0.4, 0.5) is 17.1 Å². The van der Waals surface area contributed by atoms with Crippen molar-refractivity contribution in [2.45, 2.75) is 18.9 Å². The number of anilines is 1. The summed E-state index contributed by atoms with van der Waals surface area (Å²) in [7, 11) is -3.12. The third-order valence-electron chi connectivity index (χ3n) is 3.62. The van der Waals surface area contributed by atoms with Crippen LogP contribution in [0.25, 0.3) is 0 Å². The minimum Gasteiger partial charge on any atom is -0.355 e. The van der Waals surface area contributed by atoms with Crippen molar-refractivity contribution in [2.75, 3.05) is 16.9 Å². The van der Waals surface area contributed by atoms with Crippen LogP contribution in [0.15, 0.2) is 18.2 Å². The van der Waals surface area contributed by atoms with Gasteiger partial charge >= 0.3 is 5.69 Å². The smallest absolute Gasteiger partial charge is 0.300 e. The zero-order valence-corrected chi connectivity index (χ0v) is 14.6. The molecule has 1 aliphatic rings. The largest absolute Gasteiger partial charge is 0.355 e. The number of nitro groups is 2. The average molecular weight is 389 g/mol. The highest BCUT2D eigenvalue weighted by molar-refractivity contribution is 7.91. The first-order valence-corrected chi connectivity index (χ1v) is 9.22. The molecular formula is C12H15N5O6S2. The molecule has 0 spiro atoms. The molecule has 0 saturated carbocycles. The molecule has 13 heteroatoms. The summed E-state index contributed by atoms with van der Waals surface area (Å²) < 4.78 is 23.1. The van der Waals surface area contributed by atoms with Gasteiger partial charge in [-0.05, 0) is 31.6 Å². The summed E-state index contributed by atoms with van der Waals surface area (Å²) in [6, 6.07) is 3.11. The Balaban J connectivity index is 2.05. The second-order valence-corrected chi connectivity index (χ2v) is 8.41. The molecule has 0 unspecified atom stereocenters. The first-order valence-electron chi connectivity index (χ1n) is 6.99. The Morgan fingerprint density at radius 3 is 2.48 bits per heavy atom. The number of rotatable bonds is 5. The van der Waals surface area contributed by atoms with Crippen LogP contribution in [-0.2, 0) is 9.84 Å². The third-order valence-corrected chi connectivity index (χ3v) is 5.73. The highest BCUT2D eigenvalue weighted by atomic mass is 32.2. The number of nitrogens with one attached hydrogen (secondary N) is 3. The highest BCUT2D eigenvalue weighted by Gasteiger charge is 2.38. The predicted molar refractivity (Wildman–Crippen MR) is 93.9 cm³/mol. The molecule has 2 rings (SSSR count). The lowest BCUT2D eigenvalue weighted by Crippen LogP contribution is -2.52. The fraction of sp³-hybridized carbons (Fsp3) is 0.417. The van der Waals surface area contributed by atoms with Crippen molar-refractivity contribution >= 4 is 44.2 Å². The number of sulfone groups is 1. The third kappa shape index (κ3) is 4.73. The summed E-state index contributed by atoms with van der Waals surface area (Å²) in [6.07, 6.45) is 0.384. The van der Waals surface area contributed by atoms with Gasteiger partial charge in [0, 0.05) is 6.07 Å². The lowest BCUT2D eigenvalue weighted by atomic mass is 10.0. The van der Waals surface area contributed by atoms with E-state index in [1.807, 2.05) is 0 Å². The SMILES string of the molecule is C[C@]1(NC(=S)NNc2ccc([N+](=O)[O-])cc2[N+](=O)[O-])CCS(=O)(=O)C1. The van der Waals surface area contributed by atoms with Gasteiger partial charge in [0.05, 0.1) is 33.0 Å². The van der Waals surface area contributed by atoms with E-state index in [1.165, 1.54) is 6.07 Å². The van der Waals surface area contributed by atoms with Crippen molar-refractivity contribution in [1.82, 2.24) is 10.7 Å². The van der Waals surface area contributed by atoms with Gasteiger partial charge in [-0.25, -0.2) is 8.42 Å². The fourth-order valence-corrected chi connectivity index (χ4v) is 4.82. The molecule has 1 aromatic carbocycles. The molecule has 1 heterocycles. The van der Waals surface area contributed by atoms with E-state index in [1.54, 1.807) is 6.92 Å². The second-order valence-electron chi connectivity index (χ2n) is 5.82. The quantitative estimate of drug-likeness (QED) is 0.375. The zero-order chi connectivity index (χ0) is 18.8. The van der Waals surface area contributed by atoms with Crippen LogP contribution in [0.1, 0.15) is 13.3 Å². The first kappa shape index (κ1) is 18.8. The van der Waals surface area contributed by atoms with Crippen LogP contribution in [0, 0.1) is 20.2 Å². The van der Waals surface area contributed by atoms with E-state index in [0.29, 0.717) is 6.42 Å². The number of thiocarbonyl (C=S) groups is 1. The van der Waals surface area contributed by atoms with Crippen LogP contribution < -0.4 is 16.2 Å². The summed E-state index contributed by atoms with van der Waals surface area (Å²) >= 11 is 5.06. The molecule has 0 radical (unpaired) electrons. The predicted octanol–water partition coefficient (Wildman–Crippen LogP) is 0.871. The van der Waals surface area contributed by atoms with E-state index in [-0.39, 0.29) is 22.3 Å². The van der Waals surface area contributed by atoms with Crippen molar-refractivity contribution < 1.29 is 18.3 Å². The van der Waals surface area contributed by atoms with E-state index in [9.17, 15) is 28.6 Å². The lowest BCUT2D eigenvalue weighted by Gasteiger charge is -2.26. The fourth-order valence-electron chi connectivity index (χ4n) is 2.43. The van der Waals surface area contributed by atoms with Crippen LogP contribution in [-0.4, -0.2) is 40.4 Å². The number of nitro benzene ring substituents is 2. The van der Waals surface area contributed by atoms with Crippen LogP contribution in [0.2, 0.25) is 0 Å². The second kappa shape index (κ2) is 6.76. The number of hydrogen-bond donors (Lipinski definition) is 3. The summed E-state index contributed by atoms with van der Waals surface area (Å²) in [5.74, 6) is -0.0140. The normalized spacial score (nSPS) is 21.3. The molecule has 25 heavy (non-hydrogen) atoms. The molecule has 1 aromatic rings. The van der Waals surface area contributed by atoms with E-state index in [2.05, 4.69) is 16.2 Å².